The number of nitrogens with zero attached hydrogens (tertiary/aromatic N) is 3. The van der Waals surface area contributed by atoms with Crippen molar-refractivity contribution < 1.29 is 19.1 Å². The van der Waals surface area contributed by atoms with E-state index in [1.165, 1.54) is 6.42 Å². The molecule has 7 nitrogen and oxygen atoms in total. The fourth-order valence-electron chi connectivity index (χ4n) is 6.25. The molecular formula is C33H43N3O4. The number of benzene rings is 2. The molecule has 0 aliphatic carbocycles. The van der Waals surface area contributed by atoms with E-state index in [-0.39, 0.29) is 23.1 Å². The number of rotatable bonds is 6. The van der Waals surface area contributed by atoms with E-state index in [0.29, 0.717) is 25.5 Å². The molecule has 3 heterocycles. The Labute approximate surface area is 238 Å². The van der Waals surface area contributed by atoms with Crippen molar-refractivity contribution in [1.82, 2.24) is 10.0 Å². The van der Waals surface area contributed by atoms with Crippen molar-refractivity contribution in [2.45, 2.75) is 96.9 Å². The monoisotopic (exact) mass is 545 g/mol. The fourth-order valence-corrected chi connectivity index (χ4v) is 6.25. The SMILES string of the molecule is CC(C)(C)OC(=O)N1CC(CON2C(C)(C)CCCC2(C)C)c2c1cc(OCc1ccccc1)c1ncccc21. The second kappa shape index (κ2) is 10.7. The molecule has 0 radical (unpaired) electrons. The van der Waals surface area contributed by atoms with Gasteiger partial charge in [0, 0.05) is 41.2 Å². The van der Waals surface area contributed by atoms with Gasteiger partial charge in [-0.1, -0.05) is 36.4 Å². The van der Waals surface area contributed by atoms with Crippen LogP contribution in [0.5, 0.6) is 5.75 Å². The van der Waals surface area contributed by atoms with E-state index in [2.05, 4.69) is 38.8 Å². The molecule has 3 aromatic rings. The van der Waals surface area contributed by atoms with E-state index < -0.39 is 5.60 Å². The second-order valence-corrected chi connectivity index (χ2v) is 13.3. The van der Waals surface area contributed by atoms with Crippen molar-refractivity contribution >= 4 is 22.7 Å². The molecule has 1 amide bonds. The number of hydroxylamine groups is 2. The zero-order valence-electron chi connectivity index (χ0n) is 25.0. The lowest BCUT2D eigenvalue weighted by molar-refractivity contribution is -0.282. The first-order chi connectivity index (χ1) is 18.9. The Morgan fingerprint density at radius 1 is 1.02 bits per heavy atom. The van der Waals surface area contributed by atoms with Gasteiger partial charge in [-0.15, -0.1) is 0 Å². The molecule has 40 heavy (non-hydrogen) atoms. The van der Waals surface area contributed by atoms with Crippen LogP contribution in [0.1, 0.15) is 84.8 Å². The average molecular weight is 546 g/mol. The molecule has 214 valence electrons. The molecule has 0 bridgehead atoms. The number of carbonyl (C=O) groups is 1. The molecule has 2 aliphatic rings. The summed E-state index contributed by atoms with van der Waals surface area (Å²) >= 11 is 0. The van der Waals surface area contributed by atoms with E-state index in [4.69, 9.17) is 19.3 Å². The zero-order valence-corrected chi connectivity index (χ0v) is 25.0. The van der Waals surface area contributed by atoms with Crippen LogP contribution in [0, 0.1) is 0 Å². The van der Waals surface area contributed by atoms with Crippen LogP contribution in [0.2, 0.25) is 0 Å². The molecule has 1 fully saturated rings. The highest BCUT2D eigenvalue weighted by molar-refractivity contribution is 6.00. The number of fused-ring (bicyclic) bond motifs is 3. The Kier molecular flexibility index (Phi) is 7.57. The Bertz CT molecular complexity index is 1350. The van der Waals surface area contributed by atoms with E-state index in [9.17, 15) is 4.79 Å². The van der Waals surface area contributed by atoms with Crippen LogP contribution in [0.25, 0.3) is 10.9 Å². The third-order valence-electron chi connectivity index (χ3n) is 7.91. The van der Waals surface area contributed by atoms with Crippen molar-refractivity contribution in [2.24, 2.45) is 0 Å². The summed E-state index contributed by atoms with van der Waals surface area (Å²) < 4.78 is 12.2. The van der Waals surface area contributed by atoms with Crippen molar-refractivity contribution in [2.75, 3.05) is 18.1 Å². The number of anilines is 1. The zero-order chi connectivity index (χ0) is 28.7. The Hall–Kier alpha value is -3.16. The van der Waals surface area contributed by atoms with Crippen LogP contribution in [-0.4, -0.2) is 46.0 Å². The van der Waals surface area contributed by atoms with Gasteiger partial charge in [0.1, 0.15) is 23.5 Å². The highest BCUT2D eigenvalue weighted by Gasteiger charge is 2.44. The van der Waals surface area contributed by atoms with Gasteiger partial charge < -0.3 is 9.47 Å². The van der Waals surface area contributed by atoms with E-state index >= 15 is 0 Å². The molecule has 1 aromatic heterocycles. The van der Waals surface area contributed by atoms with Crippen molar-refractivity contribution in [1.29, 1.82) is 0 Å². The molecule has 1 saturated heterocycles. The number of pyridine rings is 1. The maximum Gasteiger partial charge on any atom is 0.414 e. The highest BCUT2D eigenvalue weighted by Crippen LogP contribution is 2.46. The highest BCUT2D eigenvalue weighted by atomic mass is 16.7. The molecule has 1 unspecified atom stereocenters. The normalized spacial score (nSPS) is 20.4. The van der Waals surface area contributed by atoms with Crippen LogP contribution in [0.3, 0.4) is 0 Å². The number of hydrogen-bond acceptors (Lipinski definition) is 6. The Morgan fingerprint density at radius 2 is 1.73 bits per heavy atom. The van der Waals surface area contributed by atoms with Crippen molar-refractivity contribution in [3.05, 3.63) is 65.9 Å². The minimum absolute atomic E-state index is 0.0501. The summed E-state index contributed by atoms with van der Waals surface area (Å²) in [5, 5.41) is 3.16. The first-order valence-electron chi connectivity index (χ1n) is 14.4. The third kappa shape index (κ3) is 5.81. The summed E-state index contributed by atoms with van der Waals surface area (Å²) in [6, 6.07) is 16.0. The molecule has 1 atom stereocenters. The molecular weight excluding hydrogens is 502 g/mol. The quantitative estimate of drug-likeness (QED) is 0.317. The smallest absolute Gasteiger partial charge is 0.414 e. The molecule has 2 aliphatic heterocycles. The summed E-state index contributed by atoms with van der Waals surface area (Å²) in [7, 11) is 0. The number of amides is 1. The second-order valence-electron chi connectivity index (χ2n) is 13.3. The summed E-state index contributed by atoms with van der Waals surface area (Å²) in [4.78, 5) is 26.6. The first kappa shape index (κ1) is 28.4. The standard InChI is InChI=1S/C33H43N3O4/c1-31(2,3)40-30(37)35-20-24(22-39-36-32(4,5)16-12-17-33(36,6)7)28-25-15-11-18-34-29(25)27(19-26(28)35)38-21-23-13-9-8-10-14-23/h8-11,13-15,18-19,24H,12,16-17,20-22H2,1-7H3. The predicted molar refractivity (Wildman–Crippen MR) is 159 cm³/mol. The average Bonchev–Trinajstić information content (AvgIpc) is 3.24. The van der Waals surface area contributed by atoms with Gasteiger partial charge >= 0.3 is 6.09 Å². The molecule has 2 aromatic carbocycles. The Balaban J connectivity index is 1.52. The fraction of sp³-hybridized carbons (Fsp3) is 0.515. The lowest BCUT2D eigenvalue weighted by Gasteiger charge is -2.51. The van der Waals surface area contributed by atoms with Gasteiger partial charge in [-0.25, -0.2) is 4.79 Å². The van der Waals surface area contributed by atoms with E-state index in [1.807, 2.05) is 63.2 Å². The topological polar surface area (TPSA) is 64.1 Å². The number of hydrogen-bond donors (Lipinski definition) is 0. The molecule has 0 saturated carbocycles. The number of ether oxygens (including phenoxy) is 2. The van der Waals surface area contributed by atoms with Gasteiger partial charge in [-0.05, 0) is 84.9 Å². The lowest BCUT2D eigenvalue weighted by atomic mass is 9.82. The van der Waals surface area contributed by atoms with Crippen molar-refractivity contribution in [3.63, 3.8) is 0 Å². The van der Waals surface area contributed by atoms with Gasteiger partial charge in [-0.3, -0.25) is 14.7 Å². The van der Waals surface area contributed by atoms with Crippen LogP contribution >= 0.6 is 0 Å². The minimum Gasteiger partial charge on any atom is -0.487 e. The minimum atomic E-state index is -0.612. The third-order valence-corrected chi connectivity index (χ3v) is 7.91. The van der Waals surface area contributed by atoms with Crippen LogP contribution < -0.4 is 9.64 Å². The maximum atomic E-state index is 13.5. The first-order valence-corrected chi connectivity index (χ1v) is 14.4. The number of piperidine rings is 1. The van der Waals surface area contributed by atoms with Gasteiger partial charge in [0.2, 0.25) is 0 Å². The maximum absolute atomic E-state index is 13.5. The van der Waals surface area contributed by atoms with Gasteiger partial charge in [0.15, 0.2) is 0 Å². The predicted octanol–water partition coefficient (Wildman–Crippen LogP) is 7.63. The van der Waals surface area contributed by atoms with E-state index in [1.54, 1.807) is 11.1 Å². The van der Waals surface area contributed by atoms with E-state index in [0.717, 1.165) is 40.6 Å². The summed E-state index contributed by atoms with van der Waals surface area (Å²) in [6.07, 6.45) is 4.76. The molecule has 7 heteroatoms. The summed E-state index contributed by atoms with van der Waals surface area (Å²) in [5.41, 5.74) is 2.93. The lowest BCUT2D eigenvalue weighted by Crippen LogP contribution is -2.58. The molecule has 5 rings (SSSR count). The molecule has 0 N–H and O–H groups in total. The largest absolute Gasteiger partial charge is 0.487 e. The number of aromatic nitrogens is 1. The van der Waals surface area contributed by atoms with Gasteiger partial charge in [0.05, 0.1) is 12.3 Å². The van der Waals surface area contributed by atoms with Gasteiger partial charge in [0.25, 0.3) is 0 Å². The van der Waals surface area contributed by atoms with Crippen molar-refractivity contribution in [3.8, 4) is 5.75 Å². The Morgan fingerprint density at radius 3 is 2.40 bits per heavy atom. The number of carbonyl (C=O) groups excluding carboxylic acids is 1. The van der Waals surface area contributed by atoms with Crippen LogP contribution in [0.15, 0.2) is 54.7 Å². The summed E-state index contributed by atoms with van der Waals surface area (Å²) in [5.74, 6) is 0.595. The molecule has 0 spiro atoms. The van der Waals surface area contributed by atoms with Crippen LogP contribution in [-0.2, 0) is 16.2 Å². The van der Waals surface area contributed by atoms with Gasteiger partial charge in [-0.2, -0.15) is 5.06 Å². The van der Waals surface area contributed by atoms with Crippen LogP contribution in [0.4, 0.5) is 10.5 Å². The summed E-state index contributed by atoms with van der Waals surface area (Å²) in [6.45, 7) is 16.0.